The Hall–Kier alpha value is -3.93. The predicted molar refractivity (Wildman–Crippen MR) is 140 cm³/mol. The number of hydrogen-bond acceptors (Lipinski definition) is 3. The standard InChI is InChI=1S/C28H30N4O2/c1-16(2)22-13-21(19-9-6-8-18(5)12-19)14-23(17(3)4)25(22)31-28(34)30-24-15-20-10-7-11-29-26(20)32-27(24)33/h6-17H,1-5H3,(H,29,32,33)(H2,30,31,34). The molecule has 3 N–H and O–H groups in total. The van der Waals surface area contributed by atoms with Crippen LogP contribution in [-0.2, 0) is 0 Å². The van der Waals surface area contributed by atoms with Gasteiger partial charge in [0.25, 0.3) is 5.56 Å². The molecule has 0 unspecified atom stereocenters. The fourth-order valence-electron chi connectivity index (χ4n) is 4.13. The summed E-state index contributed by atoms with van der Waals surface area (Å²) in [5.41, 5.74) is 6.62. The summed E-state index contributed by atoms with van der Waals surface area (Å²) in [4.78, 5) is 32.3. The number of benzene rings is 2. The topological polar surface area (TPSA) is 86.9 Å². The zero-order chi connectivity index (χ0) is 24.4. The molecule has 2 aromatic heterocycles. The van der Waals surface area contributed by atoms with Crippen LogP contribution in [0.5, 0.6) is 0 Å². The third-order valence-corrected chi connectivity index (χ3v) is 5.90. The van der Waals surface area contributed by atoms with Crippen LogP contribution in [-0.4, -0.2) is 16.0 Å². The summed E-state index contributed by atoms with van der Waals surface area (Å²) < 4.78 is 0. The SMILES string of the molecule is Cc1cccc(-c2cc(C(C)C)c(NC(=O)Nc3cc4cccnc4[nH]c3=O)c(C(C)C)c2)c1. The van der Waals surface area contributed by atoms with E-state index in [1.807, 2.05) is 6.07 Å². The maximum absolute atomic E-state index is 13.0. The Morgan fingerprint density at radius 1 is 0.882 bits per heavy atom. The molecule has 2 heterocycles. The molecular formula is C28H30N4O2. The summed E-state index contributed by atoms with van der Waals surface area (Å²) in [6, 6.07) is 17.5. The van der Waals surface area contributed by atoms with Gasteiger partial charge in [-0.1, -0.05) is 57.5 Å². The molecule has 0 saturated heterocycles. The summed E-state index contributed by atoms with van der Waals surface area (Å²) in [5, 5.41) is 6.49. The van der Waals surface area contributed by atoms with E-state index >= 15 is 0 Å². The number of carbonyl (C=O) groups is 1. The summed E-state index contributed by atoms with van der Waals surface area (Å²) >= 11 is 0. The van der Waals surface area contributed by atoms with Crippen LogP contribution in [0.2, 0.25) is 0 Å². The first-order valence-electron chi connectivity index (χ1n) is 11.5. The molecule has 2 amide bonds. The number of nitrogens with one attached hydrogen (secondary N) is 3. The van der Waals surface area contributed by atoms with Crippen LogP contribution in [0.4, 0.5) is 16.2 Å². The van der Waals surface area contributed by atoms with Crippen molar-refractivity contribution >= 4 is 28.4 Å². The zero-order valence-electron chi connectivity index (χ0n) is 20.2. The Labute approximate surface area is 199 Å². The van der Waals surface area contributed by atoms with E-state index in [4.69, 9.17) is 0 Å². The number of fused-ring (bicyclic) bond motifs is 1. The molecule has 4 rings (SSSR count). The van der Waals surface area contributed by atoms with Gasteiger partial charge in [-0.2, -0.15) is 0 Å². The highest BCUT2D eigenvalue weighted by Crippen LogP contribution is 2.37. The summed E-state index contributed by atoms with van der Waals surface area (Å²) in [5.74, 6) is 0.375. The van der Waals surface area contributed by atoms with Gasteiger partial charge in [-0.05, 0) is 71.3 Å². The second-order valence-electron chi connectivity index (χ2n) is 9.24. The van der Waals surface area contributed by atoms with Crippen molar-refractivity contribution in [2.75, 3.05) is 10.6 Å². The number of hydrogen-bond donors (Lipinski definition) is 3. The number of urea groups is 1. The molecule has 34 heavy (non-hydrogen) atoms. The van der Waals surface area contributed by atoms with Crippen LogP contribution >= 0.6 is 0 Å². The minimum absolute atomic E-state index is 0.173. The van der Waals surface area contributed by atoms with Crippen LogP contribution in [0.1, 0.15) is 56.2 Å². The maximum atomic E-state index is 13.0. The van der Waals surface area contributed by atoms with Gasteiger partial charge in [-0.15, -0.1) is 0 Å². The first-order valence-corrected chi connectivity index (χ1v) is 11.5. The maximum Gasteiger partial charge on any atom is 0.323 e. The van der Waals surface area contributed by atoms with Crippen LogP contribution in [0.25, 0.3) is 22.2 Å². The molecule has 4 aromatic rings. The number of rotatable bonds is 5. The van der Waals surface area contributed by atoms with E-state index in [9.17, 15) is 9.59 Å². The Kier molecular flexibility index (Phi) is 6.50. The first-order chi connectivity index (χ1) is 16.2. The quantitative estimate of drug-likeness (QED) is 0.310. The van der Waals surface area contributed by atoms with Crippen LogP contribution in [0.3, 0.4) is 0 Å². The van der Waals surface area contributed by atoms with Gasteiger partial charge < -0.3 is 15.6 Å². The fraction of sp³-hybridized carbons (Fsp3) is 0.250. The third-order valence-electron chi connectivity index (χ3n) is 5.90. The molecule has 0 saturated carbocycles. The van der Waals surface area contributed by atoms with Crippen LogP contribution in [0.15, 0.2) is 65.6 Å². The number of amides is 2. The Bertz CT molecular complexity index is 1390. The van der Waals surface area contributed by atoms with Crippen molar-refractivity contribution in [2.24, 2.45) is 0 Å². The lowest BCUT2D eigenvalue weighted by molar-refractivity contribution is 0.262. The highest BCUT2D eigenvalue weighted by Gasteiger charge is 2.19. The third kappa shape index (κ3) is 4.86. The normalized spacial score (nSPS) is 11.3. The van der Waals surface area contributed by atoms with Gasteiger partial charge in [0, 0.05) is 17.3 Å². The van der Waals surface area contributed by atoms with Gasteiger partial charge >= 0.3 is 6.03 Å². The lowest BCUT2D eigenvalue weighted by atomic mass is 9.88. The Morgan fingerprint density at radius 2 is 1.59 bits per heavy atom. The molecule has 174 valence electrons. The molecule has 0 spiro atoms. The Morgan fingerprint density at radius 3 is 2.24 bits per heavy atom. The fourth-order valence-corrected chi connectivity index (χ4v) is 4.13. The molecule has 0 bridgehead atoms. The van der Waals surface area contributed by atoms with E-state index in [1.54, 1.807) is 18.3 Å². The lowest BCUT2D eigenvalue weighted by Gasteiger charge is -2.22. The van der Waals surface area contributed by atoms with Crippen molar-refractivity contribution in [3.63, 3.8) is 0 Å². The van der Waals surface area contributed by atoms with Crippen molar-refractivity contribution in [3.8, 4) is 11.1 Å². The largest absolute Gasteiger partial charge is 0.323 e. The molecule has 0 fully saturated rings. The van der Waals surface area contributed by atoms with Crippen molar-refractivity contribution in [3.05, 3.63) is 87.8 Å². The minimum atomic E-state index is -0.458. The predicted octanol–water partition coefficient (Wildman–Crippen LogP) is 6.79. The monoisotopic (exact) mass is 454 g/mol. The lowest BCUT2D eigenvalue weighted by Crippen LogP contribution is -2.25. The van der Waals surface area contributed by atoms with Crippen molar-refractivity contribution in [1.82, 2.24) is 9.97 Å². The summed E-state index contributed by atoms with van der Waals surface area (Å²) in [6.45, 7) is 10.5. The number of carbonyl (C=O) groups excluding carboxylic acids is 1. The van der Waals surface area contributed by atoms with E-state index < -0.39 is 11.6 Å². The smallest absolute Gasteiger partial charge is 0.307 e. The first kappa shape index (κ1) is 23.2. The van der Waals surface area contributed by atoms with E-state index in [0.29, 0.717) is 5.65 Å². The average molecular weight is 455 g/mol. The van der Waals surface area contributed by atoms with E-state index in [2.05, 4.69) is 91.6 Å². The number of anilines is 2. The van der Waals surface area contributed by atoms with Crippen LogP contribution in [0, 0.1) is 6.92 Å². The van der Waals surface area contributed by atoms with E-state index in [1.165, 1.54) is 5.56 Å². The highest BCUT2D eigenvalue weighted by atomic mass is 16.2. The molecular weight excluding hydrogens is 424 g/mol. The van der Waals surface area contributed by atoms with Crippen LogP contribution < -0.4 is 16.2 Å². The zero-order valence-corrected chi connectivity index (χ0v) is 20.2. The van der Waals surface area contributed by atoms with Gasteiger partial charge in [0.1, 0.15) is 11.3 Å². The summed E-state index contributed by atoms with van der Waals surface area (Å²) in [6.07, 6.45) is 1.61. The van der Waals surface area contributed by atoms with E-state index in [0.717, 1.165) is 33.3 Å². The molecule has 0 aliphatic heterocycles. The van der Waals surface area contributed by atoms with Crippen molar-refractivity contribution in [2.45, 2.75) is 46.5 Å². The number of aromatic amines is 1. The number of nitrogens with zero attached hydrogens (tertiary/aromatic N) is 1. The second kappa shape index (κ2) is 9.51. The summed E-state index contributed by atoms with van der Waals surface area (Å²) in [7, 11) is 0. The second-order valence-corrected chi connectivity index (χ2v) is 9.24. The molecule has 0 aliphatic rings. The van der Waals surface area contributed by atoms with Gasteiger partial charge in [-0.25, -0.2) is 9.78 Å². The van der Waals surface area contributed by atoms with E-state index in [-0.39, 0.29) is 17.5 Å². The Balaban J connectivity index is 1.71. The number of aromatic nitrogens is 2. The molecule has 2 aromatic carbocycles. The molecule has 0 aliphatic carbocycles. The number of H-pyrrole nitrogens is 1. The number of pyridine rings is 2. The van der Waals surface area contributed by atoms with Gasteiger partial charge in [-0.3, -0.25) is 4.79 Å². The minimum Gasteiger partial charge on any atom is -0.307 e. The van der Waals surface area contributed by atoms with Crippen molar-refractivity contribution < 1.29 is 4.79 Å². The molecule has 0 atom stereocenters. The highest BCUT2D eigenvalue weighted by molar-refractivity contribution is 6.02. The van der Waals surface area contributed by atoms with Gasteiger partial charge in [0.15, 0.2) is 0 Å². The molecule has 6 heteroatoms. The average Bonchev–Trinajstić information content (AvgIpc) is 2.79. The van der Waals surface area contributed by atoms with Gasteiger partial charge in [0.05, 0.1) is 0 Å². The molecule has 6 nitrogen and oxygen atoms in total. The number of aryl methyl sites for hydroxylation is 1. The van der Waals surface area contributed by atoms with Gasteiger partial charge in [0.2, 0.25) is 0 Å². The molecule has 0 radical (unpaired) electrons. The van der Waals surface area contributed by atoms with Crippen molar-refractivity contribution in [1.29, 1.82) is 0 Å².